The zero-order valence-corrected chi connectivity index (χ0v) is 11.2. The minimum Gasteiger partial charge on any atom is -0.459 e. The van der Waals surface area contributed by atoms with E-state index in [1.54, 1.807) is 12.1 Å². The van der Waals surface area contributed by atoms with E-state index < -0.39 is 11.6 Å². The van der Waals surface area contributed by atoms with E-state index in [0.717, 1.165) is 17.9 Å². The molecule has 0 spiro atoms. The van der Waals surface area contributed by atoms with E-state index in [0.29, 0.717) is 12.2 Å². The second-order valence-electron chi connectivity index (χ2n) is 4.51. The van der Waals surface area contributed by atoms with Crippen LogP contribution in [0.4, 0.5) is 14.7 Å². The molecule has 108 valence electrons. The molecule has 2 N–H and O–H groups in total. The van der Waals surface area contributed by atoms with Crippen molar-refractivity contribution in [3.05, 3.63) is 47.7 Å². The highest BCUT2D eigenvalue weighted by Gasteiger charge is 2.22. The molecule has 0 amide bonds. The van der Waals surface area contributed by atoms with E-state index in [2.05, 4.69) is 5.16 Å². The summed E-state index contributed by atoms with van der Waals surface area (Å²) in [6.45, 7) is 1.94. The van der Waals surface area contributed by atoms with Crippen LogP contribution in [0, 0.1) is 11.6 Å². The number of hydrogen-bond donors (Lipinski definition) is 1. The number of benzene rings is 1. The van der Waals surface area contributed by atoms with Crippen LogP contribution in [0.15, 0.2) is 39.3 Å². The number of halogens is 2. The molecule has 2 aromatic heterocycles. The van der Waals surface area contributed by atoms with Crippen molar-refractivity contribution in [1.29, 1.82) is 0 Å². The molecule has 0 atom stereocenters. The van der Waals surface area contributed by atoms with Gasteiger partial charge in [0.25, 0.3) is 0 Å². The Morgan fingerprint density at radius 2 is 2.00 bits per heavy atom. The van der Waals surface area contributed by atoms with Crippen molar-refractivity contribution in [2.45, 2.75) is 13.3 Å². The summed E-state index contributed by atoms with van der Waals surface area (Å²) in [5, 5.41) is 3.82. The normalized spacial score (nSPS) is 11.0. The summed E-state index contributed by atoms with van der Waals surface area (Å²) in [6.07, 6.45) is 0.716. The van der Waals surface area contributed by atoms with Crippen LogP contribution in [0.25, 0.3) is 22.6 Å². The van der Waals surface area contributed by atoms with Crippen LogP contribution >= 0.6 is 0 Å². The van der Waals surface area contributed by atoms with Crippen LogP contribution in [-0.2, 0) is 6.42 Å². The lowest BCUT2D eigenvalue weighted by atomic mass is 10.0. The van der Waals surface area contributed by atoms with Gasteiger partial charge in [-0.3, -0.25) is 0 Å². The molecular formula is C15H12F2N2O2. The predicted molar refractivity (Wildman–Crippen MR) is 73.3 cm³/mol. The molecule has 0 fully saturated rings. The van der Waals surface area contributed by atoms with E-state index in [1.165, 1.54) is 6.07 Å². The van der Waals surface area contributed by atoms with E-state index in [9.17, 15) is 8.78 Å². The first-order valence-corrected chi connectivity index (χ1v) is 6.39. The van der Waals surface area contributed by atoms with Crippen LogP contribution in [-0.4, -0.2) is 5.16 Å². The molecule has 0 bridgehead atoms. The lowest BCUT2D eigenvalue weighted by Crippen LogP contribution is -1.91. The Balaban J connectivity index is 2.17. The number of aryl methyl sites for hydroxylation is 1. The molecule has 4 nitrogen and oxygen atoms in total. The first-order chi connectivity index (χ1) is 10.1. The summed E-state index contributed by atoms with van der Waals surface area (Å²) in [6, 6.07) is 6.73. The van der Waals surface area contributed by atoms with Crippen LogP contribution in [0.1, 0.15) is 12.7 Å². The van der Waals surface area contributed by atoms with Crippen molar-refractivity contribution < 1.29 is 17.7 Å². The monoisotopic (exact) mass is 290 g/mol. The Hall–Kier alpha value is -2.63. The van der Waals surface area contributed by atoms with Gasteiger partial charge in [0.05, 0.1) is 5.56 Å². The zero-order valence-electron chi connectivity index (χ0n) is 11.2. The van der Waals surface area contributed by atoms with Gasteiger partial charge in [0.1, 0.15) is 17.4 Å². The number of nitrogens with two attached hydrogens (primary N) is 1. The zero-order chi connectivity index (χ0) is 15.0. The topological polar surface area (TPSA) is 65.2 Å². The van der Waals surface area contributed by atoms with E-state index in [1.807, 2.05) is 6.92 Å². The Morgan fingerprint density at radius 3 is 2.67 bits per heavy atom. The summed E-state index contributed by atoms with van der Waals surface area (Å²) in [5.41, 5.74) is 6.38. The maximum Gasteiger partial charge on any atom is 0.230 e. The number of anilines is 1. The van der Waals surface area contributed by atoms with Gasteiger partial charge in [0, 0.05) is 18.1 Å². The molecule has 0 radical (unpaired) electrons. The molecule has 1 aromatic carbocycles. The van der Waals surface area contributed by atoms with Gasteiger partial charge in [-0.15, -0.1) is 0 Å². The predicted octanol–water partition coefficient (Wildman–Crippen LogP) is 4.02. The summed E-state index contributed by atoms with van der Waals surface area (Å²) < 4.78 is 37.5. The quantitative estimate of drug-likeness (QED) is 0.791. The fraction of sp³-hybridized carbons (Fsp3) is 0.133. The summed E-state index contributed by atoms with van der Waals surface area (Å²) in [4.78, 5) is 0. The molecule has 0 aliphatic rings. The van der Waals surface area contributed by atoms with Gasteiger partial charge in [-0.2, -0.15) is 0 Å². The standard InChI is InChI=1S/C15H12F2N2O2/c1-2-9-4-6-12(20-9)14-13(15(18)21-19-14)10-5-3-8(16)7-11(10)17/h3-7H,2,18H2,1H3. The van der Waals surface area contributed by atoms with Gasteiger partial charge < -0.3 is 14.7 Å². The Kier molecular flexibility index (Phi) is 3.21. The minimum atomic E-state index is -0.742. The number of nitrogens with zero attached hydrogens (tertiary/aromatic N) is 1. The number of rotatable bonds is 3. The van der Waals surface area contributed by atoms with Crippen LogP contribution < -0.4 is 5.73 Å². The molecule has 0 saturated heterocycles. The number of hydrogen-bond acceptors (Lipinski definition) is 4. The summed E-state index contributed by atoms with van der Waals surface area (Å²) >= 11 is 0. The third-order valence-corrected chi connectivity index (χ3v) is 3.16. The highest BCUT2D eigenvalue weighted by Crippen LogP contribution is 2.38. The van der Waals surface area contributed by atoms with Crippen LogP contribution in [0.5, 0.6) is 0 Å². The Labute approximate surface area is 119 Å². The molecule has 0 saturated carbocycles. The average molecular weight is 290 g/mol. The molecule has 0 aliphatic carbocycles. The first-order valence-electron chi connectivity index (χ1n) is 6.39. The number of nitrogen functional groups attached to an aromatic ring is 1. The van der Waals surface area contributed by atoms with Gasteiger partial charge >= 0.3 is 0 Å². The summed E-state index contributed by atoms with van der Waals surface area (Å²) in [7, 11) is 0. The SMILES string of the molecule is CCc1ccc(-c2noc(N)c2-c2ccc(F)cc2F)o1. The fourth-order valence-electron chi connectivity index (χ4n) is 2.12. The highest BCUT2D eigenvalue weighted by atomic mass is 19.1. The number of aromatic nitrogens is 1. The molecule has 0 aliphatic heterocycles. The Morgan fingerprint density at radius 1 is 1.19 bits per heavy atom. The molecule has 2 heterocycles. The average Bonchev–Trinajstić information content (AvgIpc) is 3.06. The molecule has 3 aromatic rings. The van der Waals surface area contributed by atoms with Crippen molar-refractivity contribution in [3.8, 4) is 22.6 Å². The molecule has 0 unspecified atom stereocenters. The molecule has 6 heteroatoms. The third kappa shape index (κ3) is 2.29. The molecular weight excluding hydrogens is 278 g/mol. The minimum absolute atomic E-state index is 0.0510. The van der Waals surface area contributed by atoms with E-state index in [-0.39, 0.29) is 22.7 Å². The van der Waals surface area contributed by atoms with Crippen molar-refractivity contribution in [1.82, 2.24) is 5.16 Å². The first kappa shape index (κ1) is 13.4. The molecule has 21 heavy (non-hydrogen) atoms. The fourth-order valence-corrected chi connectivity index (χ4v) is 2.12. The largest absolute Gasteiger partial charge is 0.459 e. The van der Waals surface area contributed by atoms with Gasteiger partial charge in [0.2, 0.25) is 5.88 Å². The summed E-state index contributed by atoms with van der Waals surface area (Å²) in [5.74, 6) is -0.277. The van der Waals surface area contributed by atoms with Crippen molar-refractivity contribution in [3.63, 3.8) is 0 Å². The van der Waals surface area contributed by atoms with Gasteiger partial charge in [0.15, 0.2) is 11.5 Å². The molecule has 3 rings (SSSR count). The second-order valence-corrected chi connectivity index (χ2v) is 4.51. The highest BCUT2D eigenvalue weighted by molar-refractivity contribution is 5.85. The van der Waals surface area contributed by atoms with Crippen LogP contribution in [0.2, 0.25) is 0 Å². The third-order valence-electron chi connectivity index (χ3n) is 3.16. The van der Waals surface area contributed by atoms with E-state index >= 15 is 0 Å². The lowest BCUT2D eigenvalue weighted by Gasteiger charge is -2.03. The van der Waals surface area contributed by atoms with Crippen molar-refractivity contribution in [2.75, 3.05) is 5.73 Å². The smallest absolute Gasteiger partial charge is 0.230 e. The van der Waals surface area contributed by atoms with Crippen LogP contribution in [0.3, 0.4) is 0 Å². The maximum atomic E-state index is 14.0. The number of furan rings is 1. The lowest BCUT2D eigenvalue weighted by molar-refractivity contribution is 0.434. The maximum absolute atomic E-state index is 14.0. The second kappa shape index (κ2) is 5.05. The van der Waals surface area contributed by atoms with Crippen molar-refractivity contribution in [2.24, 2.45) is 0 Å². The van der Waals surface area contributed by atoms with Crippen molar-refractivity contribution >= 4 is 5.88 Å². The van der Waals surface area contributed by atoms with Gasteiger partial charge in [-0.05, 0) is 24.3 Å². The van der Waals surface area contributed by atoms with Gasteiger partial charge in [-0.25, -0.2) is 8.78 Å². The van der Waals surface area contributed by atoms with E-state index in [4.69, 9.17) is 14.7 Å². The van der Waals surface area contributed by atoms with Gasteiger partial charge in [-0.1, -0.05) is 12.1 Å². The Bertz CT molecular complexity index is 793.